The number of hydrogen-bond donors (Lipinski definition) is 1. The number of nitrogens with zero attached hydrogens (tertiary/aromatic N) is 3. The van der Waals surface area contributed by atoms with Crippen LogP contribution in [0.25, 0.3) is 16.8 Å². The minimum absolute atomic E-state index is 0.133. The fourth-order valence-electron chi connectivity index (χ4n) is 1.99. The number of aromatic nitrogens is 3. The largest absolute Gasteiger partial charge is 0.311 e. The lowest BCUT2D eigenvalue weighted by atomic mass is 10.3. The number of pyridine rings is 2. The Bertz CT molecular complexity index is 760. The molecule has 0 saturated heterocycles. The van der Waals surface area contributed by atoms with Crippen molar-refractivity contribution in [2.45, 2.75) is 13.8 Å². The van der Waals surface area contributed by atoms with E-state index in [1.807, 2.05) is 35.7 Å². The minimum atomic E-state index is -0.133. The Morgan fingerprint density at radius 3 is 2.83 bits per heavy atom. The van der Waals surface area contributed by atoms with Crippen LogP contribution >= 0.6 is 0 Å². The van der Waals surface area contributed by atoms with Crippen molar-refractivity contribution in [3.05, 3.63) is 36.0 Å². The van der Waals surface area contributed by atoms with Crippen molar-refractivity contribution >= 4 is 28.5 Å². The van der Waals surface area contributed by atoms with Crippen LogP contribution in [0.15, 0.2) is 30.5 Å². The van der Waals surface area contributed by atoms with Crippen molar-refractivity contribution in [3.63, 3.8) is 0 Å². The quantitative estimate of drug-likeness (QED) is 0.709. The van der Waals surface area contributed by atoms with Gasteiger partial charge in [-0.2, -0.15) is 0 Å². The van der Waals surface area contributed by atoms with Crippen LogP contribution in [0.1, 0.15) is 12.5 Å². The van der Waals surface area contributed by atoms with Crippen LogP contribution in [0.5, 0.6) is 0 Å². The smallest absolute Gasteiger partial charge is 0.222 e. The number of hydrogen-bond acceptors (Lipinski definition) is 3. The van der Waals surface area contributed by atoms with Gasteiger partial charge < -0.3 is 5.32 Å². The number of rotatable bonds is 1. The van der Waals surface area contributed by atoms with E-state index in [1.54, 1.807) is 6.07 Å². The second-order valence-electron chi connectivity index (χ2n) is 4.22. The van der Waals surface area contributed by atoms with E-state index in [2.05, 4.69) is 15.3 Å². The summed E-state index contributed by atoms with van der Waals surface area (Å²) in [4.78, 5) is 20.0. The summed E-state index contributed by atoms with van der Waals surface area (Å²) >= 11 is 0. The van der Waals surface area contributed by atoms with Crippen LogP contribution < -0.4 is 5.32 Å². The first-order valence-corrected chi connectivity index (χ1v) is 5.67. The molecule has 0 aliphatic heterocycles. The molecule has 1 N–H and O–H groups in total. The van der Waals surface area contributed by atoms with Crippen LogP contribution in [0.3, 0.4) is 0 Å². The van der Waals surface area contributed by atoms with Gasteiger partial charge in [0, 0.05) is 13.1 Å². The lowest BCUT2D eigenvalue weighted by Gasteiger charge is -2.01. The molecule has 0 spiro atoms. The van der Waals surface area contributed by atoms with E-state index in [-0.39, 0.29) is 5.91 Å². The SMILES string of the molecule is CC(=O)Nc1ccc2nc3c(C)cccn3c2n1. The molecular weight excluding hydrogens is 228 g/mol. The zero-order valence-corrected chi connectivity index (χ0v) is 10.1. The number of imidazole rings is 1. The van der Waals surface area contributed by atoms with Gasteiger partial charge in [-0.3, -0.25) is 9.20 Å². The van der Waals surface area contributed by atoms with Gasteiger partial charge in [0.05, 0.1) is 0 Å². The molecule has 0 radical (unpaired) electrons. The van der Waals surface area contributed by atoms with Gasteiger partial charge >= 0.3 is 0 Å². The highest BCUT2D eigenvalue weighted by Crippen LogP contribution is 2.19. The molecule has 5 nitrogen and oxygen atoms in total. The molecule has 0 bridgehead atoms. The lowest BCUT2D eigenvalue weighted by molar-refractivity contribution is -0.114. The first-order valence-electron chi connectivity index (χ1n) is 5.67. The van der Waals surface area contributed by atoms with Crippen LogP contribution in [-0.2, 0) is 4.79 Å². The second kappa shape index (κ2) is 3.80. The fourth-order valence-corrected chi connectivity index (χ4v) is 1.99. The first kappa shape index (κ1) is 10.7. The fraction of sp³-hybridized carbons (Fsp3) is 0.154. The molecule has 18 heavy (non-hydrogen) atoms. The molecule has 0 aromatic carbocycles. The van der Waals surface area contributed by atoms with Crippen molar-refractivity contribution in [2.75, 3.05) is 5.32 Å². The number of anilines is 1. The summed E-state index contributed by atoms with van der Waals surface area (Å²) in [5.41, 5.74) is 3.55. The predicted molar refractivity (Wildman–Crippen MR) is 69.5 cm³/mol. The zero-order valence-electron chi connectivity index (χ0n) is 10.1. The van der Waals surface area contributed by atoms with Gasteiger partial charge in [-0.25, -0.2) is 9.97 Å². The van der Waals surface area contributed by atoms with Crippen molar-refractivity contribution in [1.29, 1.82) is 0 Å². The number of carbonyl (C=O) groups is 1. The highest BCUT2D eigenvalue weighted by Gasteiger charge is 2.08. The molecule has 90 valence electrons. The van der Waals surface area contributed by atoms with Gasteiger partial charge in [-0.05, 0) is 30.7 Å². The van der Waals surface area contributed by atoms with Gasteiger partial charge in [-0.1, -0.05) is 6.07 Å². The average Bonchev–Trinajstić information content (AvgIpc) is 2.68. The molecule has 3 aromatic heterocycles. The molecule has 0 fully saturated rings. The van der Waals surface area contributed by atoms with E-state index in [0.717, 1.165) is 22.4 Å². The third-order valence-corrected chi connectivity index (χ3v) is 2.78. The standard InChI is InChI=1S/C13H12N4O/c1-8-4-3-7-17-12(8)15-10-5-6-11(14-9(2)18)16-13(10)17/h3-7H,1-2H3,(H,14,16,18). The normalized spacial score (nSPS) is 11.0. The van der Waals surface area contributed by atoms with Crippen molar-refractivity contribution in [2.24, 2.45) is 0 Å². The third kappa shape index (κ3) is 1.60. The predicted octanol–water partition coefficient (Wildman–Crippen LogP) is 2.15. The maximum Gasteiger partial charge on any atom is 0.222 e. The van der Waals surface area contributed by atoms with Crippen molar-refractivity contribution in [1.82, 2.24) is 14.4 Å². The molecule has 3 aromatic rings. The van der Waals surface area contributed by atoms with Crippen LogP contribution in [0, 0.1) is 6.92 Å². The average molecular weight is 240 g/mol. The van der Waals surface area contributed by atoms with E-state index in [0.29, 0.717) is 5.82 Å². The summed E-state index contributed by atoms with van der Waals surface area (Å²) in [5, 5.41) is 2.67. The first-order chi connectivity index (χ1) is 8.65. The van der Waals surface area contributed by atoms with Crippen molar-refractivity contribution < 1.29 is 4.79 Å². The number of nitrogens with one attached hydrogen (secondary N) is 1. The van der Waals surface area contributed by atoms with E-state index in [4.69, 9.17) is 0 Å². The van der Waals surface area contributed by atoms with Crippen LogP contribution in [-0.4, -0.2) is 20.3 Å². The minimum Gasteiger partial charge on any atom is -0.311 e. The Labute approximate surface area is 103 Å². The van der Waals surface area contributed by atoms with Crippen molar-refractivity contribution in [3.8, 4) is 0 Å². The highest BCUT2D eigenvalue weighted by molar-refractivity contribution is 5.89. The zero-order chi connectivity index (χ0) is 12.7. The van der Waals surface area contributed by atoms with Gasteiger partial charge in [0.25, 0.3) is 0 Å². The van der Waals surface area contributed by atoms with E-state index < -0.39 is 0 Å². The van der Waals surface area contributed by atoms with Crippen LogP contribution in [0.2, 0.25) is 0 Å². The third-order valence-electron chi connectivity index (χ3n) is 2.78. The van der Waals surface area contributed by atoms with E-state index in [1.165, 1.54) is 6.92 Å². The number of amides is 1. The Morgan fingerprint density at radius 2 is 2.06 bits per heavy atom. The molecular formula is C13H12N4O. The molecule has 0 aliphatic rings. The Kier molecular flexibility index (Phi) is 2.26. The van der Waals surface area contributed by atoms with Gasteiger partial charge in [0.15, 0.2) is 5.65 Å². The summed E-state index contributed by atoms with van der Waals surface area (Å²) in [6.07, 6.45) is 1.92. The number of carbonyl (C=O) groups excluding carboxylic acids is 1. The molecule has 5 heteroatoms. The molecule has 1 amide bonds. The van der Waals surface area contributed by atoms with E-state index in [9.17, 15) is 4.79 Å². The van der Waals surface area contributed by atoms with Crippen LogP contribution in [0.4, 0.5) is 5.82 Å². The van der Waals surface area contributed by atoms with Gasteiger partial charge in [0.1, 0.15) is 17.0 Å². The van der Waals surface area contributed by atoms with E-state index >= 15 is 0 Å². The van der Waals surface area contributed by atoms with Gasteiger partial charge in [0.2, 0.25) is 5.91 Å². The topological polar surface area (TPSA) is 59.3 Å². The number of fused-ring (bicyclic) bond motifs is 3. The monoisotopic (exact) mass is 240 g/mol. The summed E-state index contributed by atoms with van der Waals surface area (Å²) < 4.78 is 1.93. The Hall–Kier alpha value is -2.43. The molecule has 3 rings (SSSR count). The lowest BCUT2D eigenvalue weighted by Crippen LogP contribution is -2.07. The summed E-state index contributed by atoms with van der Waals surface area (Å²) in [6, 6.07) is 7.58. The van der Waals surface area contributed by atoms with Gasteiger partial charge in [-0.15, -0.1) is 0 Å². The maximum absolute atomic E-state index is 11.0. The summed E-state index contributed by atoms with van der Waals surface area (Å²) in [5.74, 6) is 0.408. The Morgan fingerprint density at radius 1 is 1.22 bits per heavy atom. The Balaban J connectivity index is 2.29. The highest BCUT2D eigenvalue weighted by atomic mass is 16.1. The molecule has 0 atom stereocenters. The summed E-state index contributed by atoms with van der Waals surface area (Å²) in [7, 11) is 0. The summed E-state index contributed by atoms with van der Waals surface area (Å²) in [6.45, 7) is 3.47. The molecule has 0 unspecified atom stereocenters. The second-order valence-corrected chi connectivity index (χ2v) is 4.22. The molecule has 0 aliphatic carbocycles. The molecule has 0 saturated carbocycles. The molecule has 3 heterocycles. The maximum atomic E-state index is 11.0. The number of aryl methyl sites for hydroxylation is 1.